The Hall–Kier alpha value is -1.43. The first kappa shape index (κ1) is 12.0. The van der Waals surface area contributed by atoms with Crippen LogP contribution in [0.4, 0.5) is 0 Å². The molecule has 0 radical (unpaired) electrons. The number of carbonyl (C=O) groups is 3. The van der Waals surface area contributed by atoms with Gasteiger partial charge in [-0.1, -0.05) is 0 Å². The first-order valence-electron chi connectivity index (χ1n) is 5.55. The van der Waals surface area contributed by atoms with Crippen LogP contribution in [0.25, 0.3) is 0 Å². The molecular weight excluding hydrogens is 226 g/mol. The topological polar surface area (TPSA) is 83.9 Å². The van der Waals surface area contributed by atoms with Crippen molar-refractivity contribution in [2.75, 3.05) is 14.2 Å². The van der Waals surface area contributed by atoms with Gasteiger partial charge in [0, 0.05) is 12.1 Å². The number of rotatable bonds is 2. The van der Waals surface area contributed by atoms with Crippen molar-refractivity contribution in [2.24, 2.45) is 11.8 Å². The number of methoxy groups -OCH3 is 1. The highest BCUT2D eigenvalue weighted by atomic mass is 16.5. The number of esters is 1. The third-order valence-corrected chi connectivity index (χ3v) is 3.91. The van der Waals surface area contributed by atoms with Crippen LogP contribution in [-0.4, -0.2) is 54.0 Å². The molecule has 1 N–H and O–H groups in total. The molecular formula is C11H15NO5. The summed E-state index contributed by atoms with van der Waals surface area (Å²) in [5.41, 5.74) is 0. The van der Waals surface area contributed by atoms with Crippen LogP contribution in [0, 0.1) is 11.8 Å². The van der Waals surface area contributed by atoms with E-state index in [-0.39, 0.29) is 12.1 Å². The van der Waals surface area contributed by atoms with Crippen molar-refractivity contribution in [3.63, 3.8) is 0 Å². The van der Waals surface area contributed by atoms with Gasteiger partial charge in [-0.3, -0.25) is 19.3 Å². The van der Waals surface area contributed by atoms with Crippen LogP contribution < -0.4 is 0 Å². The second-order valence-electron chi connectivity index (χ2n) is 4.60. The summed E-state index contributed by atoms with van der Waals surface area (Å²) in [5, 5.41) is 9.12. The molecule has 0 aliphatic carbocycles. The van der Waals surface area contributed by atoms with E-state index in [2.05, 4.69) is 4.74 Å². The second-order valence-corrected chi connectivity index (χ2v) is 4.60. The van der Waals surface area contributed by atoms with Crippen molar-refractivity contribution in [1.29, 1.82) is 0 Å². The smallest absolute Gasteiger partial charge is 0.317 e. The Morgan fingerprint density at radius 1 is 1.29 bits per heavy atom. The van der Waals surface area contributed by atoms with Crippen LogP contribution >= 0.6 is 0 Å². The highest BCUT2D eigenvalue weighted by Crippen LogP contribution is 2.39. The van der Waals surface area contributed by atoms with E-state index in [0.29, 0.717) is 12.8 Å². The number of ether oxygens (including phenoxy) is 1. The van der Waals surface area contributed by atoms with Gasteiger partial charge in [0.05, 0.1) is 7.11 Å². The Kier molecular flexibility index (Phi) is 2.91. The summed E-state index contributed by atoms with van der Waals surface area (Å²) in [4.78, 5) is 36.7. The molecule has 0 aromatic rings. The van der Waals surface area contributed by atoms with Gasteiger partial charge < -0.3 is 9.84 Å². The molecule has 6 heteroatoms. The fourth-order valence-corrected chi connectivity index (χ4v) is 3.06. The molecule has 0 aromatic heterocycles. The average molecular weight is 241 g/mol. The van der Waals surface area contributed by atoms with Crippen molar-refractivity contribution < 1.29 is 24.2 Å². The van der Waals surface area contributed by atoms with Crippen LogP contribution in [0.15, 0.2) is 0 Å². The molecule has 2 bridgehead atoms. The number of hydrogen-bond acceptors (Lipinski definition) is 5. The van der Waals surface area contributed by atoms with Crippen LogP contribution in [0.3, 0.4) is 0 Å². The minimum absolute atomic E-state index is 0.212. The number of carbonyl (C=O) groups excluding carboxylic acids is 2. The van der Waals surface area contributed by atoms with Crippen LogP contribution in [0.5, 0.6) is 0 Å². The SMILES string of the molecule is COC(=O)C1C(=O)C(C(=O)O)C2CCC1N2C. The normalized spacial score (nSPS) is 36.9. The van der Waals surface area contributed by atoms with E-state index < -0.39 is 29.6 Å². The van der Waals surface area contributed by atoms with Gasteiger partial charge in [-0.25, -0.2) is 0 Å². The molecule has 4 atom stereocenters. The molecule has 0 aromatic carbocycles. The monoisotopic (exact) mass is 241 g/mol. The van der Waals surface area contributed by atoms with Gasteiger partial charge in [-0.2, -0.15) is 0 Å². The zero-order chi connectivity index (χ0) is 12.7. The number of piperidine rings is 1. The standard InChI is InChI=1S/C11H15NO5/c1-12-5-3-4-6(12)8(11(16)17-2)9(13)7(5)10(14)15/h5-8H,3-4H2,1-2H3,(H,14,15). The Bertz CT molecular complexity index is 380. The first-order valence-corrected chi connectivity index (χ1v) is 5.55. The molecule has 4 unspecified atom stereocenters. The number of nitrogens with zero attached hydrogens (tertiary/aromatic N) is 1. The molecule has 2 aliphatic rings. The Labute approximate surface area is 98.5 Å². The van der Waals surface area contributed by atoms with Crippen molar-refractivity contribution in [1.82, 2.24) is 4.90 Å². The van der Waals surface area contributed by atoms with E-state index in [1.807, 2.05) is 4.90 Å². The van der Waals surface area contributed by atoms with Crippen molar-refractivity contribution >= 4 is 17.7 Å². The van der Waals surface area contributed by atoms with E-state index in [4.69, 9.17) is 5.11 Å². The van der Waals surface area contributed by atoms with E-state index in [9.17, 15) is 14.4 Å². The summed E-state index contributed by atoms with van der Waals surface area (Å²) in [7, 11) is 2.98. The zero-order valence-electron chi connectivity index (χ0n) is 9.75. The zero-order valence-corrected chi connectivity index (χ0v) is 9.75. The third kappa shape index (κ3) is 1.63. The lowest BCUT2D eigenvalue weighted by atomic mass is 9.81. The Morgan fingerprint density at radius 3 is 2.29 bits per heavy atom. The Balaban J connectivity index is 2.37. The molecule has 2 fully saturated rings. The molecule has 2 heterocycles. The molecule has 2 saturated heterocycles. The molecule has 94 valence electrons. The maximum Gasteiger partial charge on any atom is 0.317 e. The molecule has 0 saturated carbocycles. The highest BCUT2D eigenvalue weighted by Gasteiger charge is 2.56. The number of Topliss-reactive ketones (excluding diaryl/α,β-unsaturated/α-hetero) is 1. The van der Waals surface area contributed by atoms with Crippen LogP contribution in [0.2, 0.25) is 0 Å². The van der Waals surface area contributed by atoms with E-state index in [1.165, 1.54) is 7.11 Å². The molecule has 0 spiro atoms. The number of carboxylic acids is 1. The minimum atomic E-state index is -1.15. The van der Waals surface area contributed by atoms with Crippen molar-refractivity contribution in [2.45, 2.75) is 24.9 Å². The van der Waals surface area contributed by atoms with Gasteiger partial charge in [-0.15, -0.1) is 0 Å². The third-order valence-electron chi connectivity index (χ3n) is 3.91. The fraction of sp³-hybridized carbons (Fsp3) is 0.727. The predicted molar refractivity (Wildman–Crippen MR) is 56.2 cm³/mol. The maximum absolute atomic E-state index is 12.1. The lowest BCUT2D eigenvalue weighted by molar-refractivity contribution is -0.161. The highest BCUT2D eigenvalue weighted by molar-refractivity contribution is 6.09. The molecule has 6 nitrogen and oxygen atoms in total. The van der Waals surface area contributed by atoms with Crippen LogP contribution in [-0.2, 0) is 19.1 Å². The number of carboxylic acid groups (broad SMARTS) is 1. The summed E-state index contributed by atoms with van der Waals surface area (Å²) in [6.45, 7) is 0. The summed E-state index contributed by atoms with van der Waals surface area (Å²) in [5.74, 6) is -4.35. The van der Waals surface area contributed by atoms with Gasteiger partial charge in [-0.05, 0) is 19.9 Å². The quantitative estimate of drug-likeness (QED) is 0.519. The summed E-state index contributed by atoms with van der Waals surface area (Å²) in [6.07, 6.45) is 1.30. The first-order chi connectivity index (χ1) is 7.99. The summed E-state index contributed by atoms with van der Waals surface area (Å²) in [6, 6.07) is -0.499. The second kappa shape index (κ2) is 4.10. The van der Waals surface area contributed by atoms with Crippen LogP contribution in [0.1, 0.15) is 12.8 Å². The van der Waals surface area contributed by atoms with Gasteiger partial charge >= 0.3 is 11.9 Å². The predicted octanol–water partition coefficient (Wildman–Crippen LogP) is -0.478. The van der Waals surface area contributed by atoms with Gasteiger partial charge in [0.2, 0.25) is 0 Å². The number of hydrogen-bond donors (Lipinski definition) is 1. The van der Waals surface area contributed by atoms with Crippen molar-refractivity contribution in [3.8, 4) is 0 Å². The van der Waals surface area contributed by atoms with Gasteiger partial charge in [0.15, 0.2) is 5.78 Å². The largest absolute Gasteiger partial charge is 0.481 e. The van der Waals surface area contributed by atoms with E-state index in [1.54, 1.807) is 7.05 Å². The Morgan fingerprint density at radius 2 is 1.82 bits per heavy atom. The maximum atomic E-state index is 12.1. The minimum Gasteiger partial charge on any atom is -0.481 e. The summed E-state index contributed by atoms with van der Waals surface area (Å²) >= 11 is 0. The molecule has 2 rings (SSSR count). The fourth-order valence-electron chi connectivity index (χ4n) is 3.06. The lowest BCUT2D eigenvalue weighted by Crippen LogP contribution is -2.57. The lowest BCUT2D eigenvalue weighted by Gasteiger charge is -2.38. The molecule has 0 amide bonds. The van der Waals surface area contributed by atoms with Crippen molar-refractivity contribution in [3.05, 3.63) is 0 Å². The number of fused-ring (bicyclic) bond motifs is 2. The molecule has 2 aliphatic heterocycles. The summed E-state index contributed by atoms with van der Waals surface area (Å²) < 4.78 is 4.61. The average Bonchev–Trinajstić information content (AvgIpc) is 2.55. The van der Waals surface area contributed by atoms with E-state index >= 15 is 0 Å². The van der Waals surface area contributed by atoms with E-state index in [0.717, 1.165) is 0 Å². The molecule has 17 heavy (non-hydrogen) atoms. The number of ketones is 1. The van der Waals surface area contributed by atoms with Gasteiger partial charge in [0.1, 0.15) is 11.8 Å². The number of aliphatic carboxylic acids is 1. The van der Waals surface area contributed by atoms with Gasteiger partial charge in [0.25, 0.3) is 0 Å².